The molecule has 1 atom stereocenters. The second-order valence-corrected chi connectivity index (χ2v) is 4.60. The molecule has 0 spiro atoms. The molecule has 1 aromatic heterocycles. The fourth-order valence-corrected chi connectivity index (χ4v) is 1.92. The fourth-order valence-electron chi connectivity index (χ4n) is 1.92. The standard InChI is InChI=1S/C14H26N4/c1-6-11(4)18(8-3)14-16-10-13(9-15-7-2)12(5)17-14/h10-11,15H,6-9H2,1-5H3. The third-order valence-corrected chi connectivity index (χ3v) is 3.35. The van der Waals surface area contributed by atoms with E-state index in [1.54, 1.807) is 0 Å². The van der Waals surface area contributed by atoms with E-state index in [4.69, 9.17) is 0 Å². The lowest BCUT2D eigenvalue weighted by molar-refractivity contribution is 0.612. The summed E-state index contributed by atoms with van der Waals surface area (Å²) in [5, 5.41) is 3.31. The first-order valence-electron chi connectivity index (χ1n) is 6.93. The number of rotatable bonds is 7. The molecule has 0 aromatic carbocycles. The maximum Gasteiger partial charge on any atom is 0.225 e. The van der Waals surface area contributed by atoms with Crippen molar-refractivity contribution in [2.45, 2.75) is 53.6 Å². The molecule has 18 heavy (non-hydrogen) atoms. The van der Waals surface area contributed by atoms with Crippen LogP contribution in [0.25, 0.3) is 0 Å². The summed E-state index contributed by atoms with van der Waals surface area (Å²) < 4.78 is 0. The van der Waals surface area contributed by atoms with Crippen LogP contribution < -0.4 is 10.2 Å². The Morgan fingerprint density at radius 1 is 1.33 bits per heavy atom. The Bertz CT molecular complexity index is 365. The minimum atomic E-state index is 0.481. The topological polar surface area (TPSA) is 41.1 Å². The molecule has 1 rings (SSSR count). The van der Waals surface area contributed by atoms with Gasteiger partial charge in [-0.1, -0.05) is 13.8 Å². The number of aromatic nitrogens is 2. The van der Waals surface area contributed by atoms with Crippen molar-refractivity contribution in [2.75, 3.05) is 18.0 Å². The molecule has 102 valence electrons. The number of hydrogen-bond acceptors (Lipinski definition) is 4. The lowest BCUT2D eigenvalue weighted by atomic mass is 10.2. The Labute approximate surface area is 111 Å². The molecule has 1 unspecified atom stereocenters. The molecule has 0 saturated heterocycles. The monoisotopic (exact) mass is 250 g/mol. The molecule has 4 nitrogen and oxygen atoms in total. The lowest BCUT2D eigenvalue weighted by Crippen LogP contribution is -2.34. The molecule has 0 fully saturated rings. The minimum Gasteiger partial charge on any atom is -0.338 e. The van der Waals surface area contributed by atoms with Gasteiger partial charge in [0.1, 0.15) is 0 Å². The Hall–Kier alpha value is -1.16. The first kappa shape index (κ1) is 14.9. The molecule has 1 aromatic rings. The van der Waals surface area contributed by atoms with Gasteiger partial charge in [-0.15, -0.1) is 0 Å². The van der Waals surface area contributed by atoms with E-state index >= 15 is 0 Å². The first-order chi connectivity index (χ1) is 8.63. The summed E-state index contributed by atoms with van der Waals surface area (Å²) in [5.74, 6) is 0.851. The molecule has 0 aliphatic rings. The van der Waals surface area contributed by atoms with E-state index in [9.17, 15) is 0 Å². The summed E-state index contributed by atoms with van der Waals surface area (Å²) in [6.45, 7) is 13.5. The van der Waals surface area contributed by atoms with Crippen LogP contribution in [0.15, 0.2) is 6.20 Å². The molecule has 0 aliphatic heterocycles. The second-order valence-electron chi connectivity index (χ2n) is 4.60. The van der Waals surface area contributed by atoms with Crippen molar-refractivity contribution in [3.05, 3.63) is 17.5 Å². The van der Waals surface area contributed by atoms with E-state index in [0.717, 1.165) is 37.7 Å². The predicted octanol–water partition coefficient (Wildman–Crippen LogP) is 2.52. The zero-order chi connectivity index (χ0) is 13.5. The zero-order valence-electron chi connectivity index (χ0n) is 12.3. The average molecular weight is 250 g/mol. The Kier molecular flexibility index (Phi) is 6.05. The summed E-state index contributed by atoms with van der Waals surface area (Å²) in [5.41, 5.74) is 2.25. The van der Waals surface area contributed by atoms with Crippen LogP contribution in [0.4, 0.5) is 5.95 Å². The van der Waals surface area contributed by atoms with Gasteiger partial charge in [0, 0.05) is 36.6 Å². The highest BCUT2D eigenvalue weighted by molar-refractivity contribution is 5.33. The van der Waals surface area contributed by atoms with Crippen LogP contribution in [-0.4, -0.2) is 29.1 Å². The van der Waals surface area contributed by atoms with Gasteiger partial charge >= 0.3 is 0 Å². The average Bonchev–Trinajstić information content (AvgIpc) is 2.38. The Morgan fingerprint density at radius 3 is 2.56 bits per heavy atom. The van der Waals surface area contributed by atoms with E-state index in [0.29, 0.717) is 6.04 Å². The smallest absolute Gasteiger partial charge is 0.225 e. The van der Waals surface area contributed by atoms with E-state index < -0.39 is 0 Å². The number of nitrogens with one attached hydrogen (secondary N) is 1. The van der Waals surface area contributed by atoms with Crippen molar-refractivity contribution in [3.63, 3.8) is 0 Å². The van der Waals surface area contributed by atoms with Gasteiger partial charge in [0.2, 0.25) is 5.95 Å². The maximum atomic E-state index is 4.64. The van der Waals surface area contributed by atoms with Crippen LogP contribution in [-0.2, 0) is 6.54 Å². The molecular weight excluding hydrogens is 224 g/mol. The second kappa shape index (κ2) is 7.31. The summed E-state index contributed by atoms with van der Waals surface area (Å²) in [4.78, 5) is 11.4. The molecule has 0 aliphatic carbocycles. The lowest BCUT2D eigenvalue weighted by Gasteiger charge is -2.27. The van der Waals surface area contributed by atoms with Crippen LogP contribution in [0.2, 0.25) is 0 Å². The van der Waals surface area contributed by atoms with Crippen molar-refractivity contribution >= 4 is 5.95 Å². The Balaban J connectivity index is 2.87. The largest absolute Gasteiger partial charge is 0.338 e. The van der Waals surface area contributed by atoms with Crippen LogP contribution in [0.5, 0.6) is 0 Å². The van der Waals surface area contributed by atoms with Crippen molar-refractivity contribution in [1.82, 2.24) is 15.3 Å². The van der Waals surface area contributed by atoms with Gasteiger partial charge < -0.3 is 10.2 Å². The van der Waals surface area contributed by atoms with Crippen LogP contribution >= 0.6 is 0 Å². The van der Waals surface area contributed by atoms with E-state index in [2.05, 4.69) is 54.8 Å². The number of hydrogen-bond donors (Lipinski definition) is 1. The molecule has 4 heteroatoms. The van der Waals surface area contributed by atoms with Crippen molar-refractivity contribution in [3.8, 4) is 0 Å². The minimum absolute atomic E-state index is 0.481. The zero-order valence-corrected chi connectivity index (χ0v) is 12.3. The van der Waals surface area contributed by atoms with Gasteiger partial charge in [-0.05, 0) is 33.7 Å². The third kappa shape index (κ3) is 3.67. The van der Waals surface area contributed by atoms with E-state index in [-0.39, 0.29) is 0 Å². The Morgan fingerprint density at radius 2 is 2.06 bits per heavy atom. The van der Waals surface area contributed by atoms with Crippen LogP contribution in [0, 0.1) is 6.92 Å². The molecular formula is C14H26N4. The van der Waals surface area contributed by atoms with Gasteiger partial charge in [0.25, 0.3) is 0 Å². The highest BCUT2D eigenvalue weighted by Crippen LogP contribution is 2.15. The highest BCUT2D eigenvalue weighted by atomic mass is 15.3. The molecule has 0 radical (unpaired) electrons. The molecule has 1 heterocycles. The van der Waals surface area contributed by atoms with Crippen molar-refractivity contribution in [1.29, 1.82) is 0 Å². The molecule has 0 saturated carbocycles. The first-order valence-corrected chi connectivity index (χ1v) is 6.93. The van der Waals surface area contributed by atoms with Gasteiger partial charge in [0.05, 0.1) is 0 Å². The number of nitrogens with zero attached hydrogens (tertiary/aromatic N) is 3. The van der Waals surface area contributed by atoms with Gasteiger partial charge in [-0.25, -0.2) is 9.97 Å². The quantitative estimate of drug-likeness (QED) is 0.807. The molecule has 1 N–H and O–H groups in total. The number of anilines is 1. The maximum absolute atomic E-state index is 4.64. The van der Waals surface area contributed by atoms with Gasteiger partial charge in [-0.2, -0.15) is 0 Å². The molecule has 0 amide bonds. The normalized spacial score (nSPS) is 12.5. The van der Waals surface area contributed by atoms with E-state index in [1.807, 2.05) is 6.20 Å². The van der Waals surface area contributed by atoms with Crippen LogP contribution in [0.3, 0.4) is 0 Å². The van der Waals surface area contributed by atoms with Crippen molar-refractivity contribution in [2.24, 2.45) is 0 Å². The van der Waals surface area contributed by atoms with Gasteiger partial charge in [0.15, 0.2) is 0 Å². The fraction of sp³-hybridized carbons (Fsp3) is 0.714. The third-order valence-electron chi connectivity index (χ3n) is 3.35. The summed E-state index contributed by atoms with van der Waals surface area (Å²) >= 11 is 0. The summed E-state index contributed by atoms with van der Waals surface area (Å²) in [6.07, 6.45) is 3.06. The SMILES string of the molecule is CCNCc1cnc(N(CC)C(C)CC)nc1C. The van der Waals surface area contributed by atoms with Crippen LogP contribution in [0.1, 0.15) is 45.4 Å². The van der Waals surface area contributed by atoms with Crippen molar-refractivity contribution < 1.29 is 0 Å². The number of aryl methyl sites for hydroxylation is 1. The van der Waals surface area contributed by atoms with E-state index in [1.165, 1.54) is 5.56 Å². The highest BCUT2D eigenvalue weighted by Gasteiger charge is 2.14. The molecule has 0 bridgehead atoms. The van der Waals surface area contributed by atoms with Gasteiger partial charge in [-0.3, -0.25) is 0 Å². The summed E-state index contributed by atoms with van der Waals surface area (Å²) in [7, 11) is 0. The predicted molar refractivity (Wildman–Crippen MR) is 76.9 cm³/mol. The summed E-state index contributed by atoms with van der Waals surface area (Å²) in [6, 6.07) is 0.481.